The molecular formula is C25H48. The molecule has 5 atom stereocenters. The van der Waals surface area contributed by atoms with Crippen molar-refractivity contribution in [3.63, 3.8) is 0 Å². The first-order chi connectivity index (χ1) is 11.8. The van der Waals surface area contributed by atoms with Crippen molar-refractivity contribution in [1.29, 1.82) is 0 Å². The van der Waals surface area contributed by atoms with E-state index < -0.39 is 0 Å². The Morgan fingerprint density at radius 1 is 1.08 bits per heavy atom. The highest BCUT2D eigenvalue weighted by atomic mass is 14.5. The van der Waals surface area contributed by atoms with Crippen LogP contribution in [0, 0.1) is 40.9 Å². The zero-order valence-electron chi connectivity index (χ0n) is 18.8. The van der Waals surface area contributed by atoms with Crippen molar-refractivity contribution in [1.82, 2.24) is 0 Å². The maximum absolute atomic E-state index is 2.61. The van der Waals surface area contributed by atoms with E-state index in [2.05, 4.69) is 67.5 Å². The van der Waals surface area contributed by atoms with E-state index in [-0.39, 0.29) is 0 Å². The second-order valence-electron chi connectivity index (χ2n) is 9.82. The standard InChI is InChI=1S/C25H48/c1-9-16-25(20(6)7)17-15-22(14-12-13-21(8)10-2)23(18-19(4)5)24(25)11-3/h9,16,19-24H,10-15,17-18H2,1-8H3. The van der Waals surface area contributed by atoms with E-state index in [0.717, 1.165) is 35.5 Å². The van der Waals surface area contributed by atoms with E-state index in [1.54, 1.807) is 0 Å². The fourth-order valence-corrected chi connectivity index (χ4v) is 5.86. The van der Waals surface area contributed by atoms with Gasteiger partial charge in [-0.15, -0.1) is 0 Å². The van der Waals surface area contributed by atoms with Gasteiger partial charge in [0, 0.05) is 0 Å². The lowest BCUT2D eigenvalue weighted by Gasteiger charge is -2.53. The molecule has 1 aliphatic rings. The molecule has 0 nitrogen and oxygen atoms in total. The van der Waals surface area contributed by atoms with Gasteiger partial charge in [0.05, 0.1) is 0 Å². The molecule has 0 N–H and O–H groups in total. The van der Waals surface area contributed by atoms with Crippen molar-refractivity contribution < 1.29 is 0 Å². The lowest BCUT2D eigenvalue weighted by Crippen LogP contribution is -2.45. The van der Waals surface area contributed by atoms with E-state index in [4.69, 9.17) is 0 Å². The van der Waals surface area contributed by atoms with Crippen LogP contribution >= 0.6 is 0 Å². The van der Waals surface area contributed by atoms with Gasteiger partial charge >= 0.3 is 0 Å². The summed E-state index contributed by atoms with van der Waals surface area (Å²) < 4.78 is 0. The summed E-state index contributed by atoms with van der Waals surface area (Å²) in [6.45, 7) is 19.3. The third kappa shape index (κ3) is 5.86. The Morgan fingerprint density at radius 2 is 1.76 bits per heavy atom. The summed E-state index contributed by atoms with van der Waals surface area (Å²) in [5.74, 6) is 5.25. The Bertz CT molecular complexity index is 377. The van der Waals surface area contributed by atoms with Crippen molar-refractivity contribution in [2.75, 3.05) is 0 Å². The van der Waals surface area contributed by atoms with E-state index in [9.17, 15) is 0 Å². The van der Waals surface area contributed by atoms with Crippen LogP contribution in [-0.4, -0.2) is 0 Å². The molecule has 5 unspecified atom stereocenters. The molecular weight excluding hydrogens is 300 g/mol. The van der Waals surface area contributed by atoms with Gasteiger partial charge in [-0.2, -0.15) is 0 Å². The van der Waals surface area contributed by atoms with E-state index in [1.807, 2.05) is 0 Å². The fraction of sp³-hybridized carbons (Fsp3) is 0.920. The van der Waals surface area contributed by atoms with Gasteiger partial charge in [-0.1, -0.05) is 92.7 Å². The molecule has 25 heavy (non-hydrogen) atoms. The van der Waals surface area contributed by atoms with Crippen LogP contribution in [0.1, 0.15) is 107 Å². The third-order valence-electron chi connectivity index (χ3n) is 7.46. The second-order valence-corrected chi connectivity index (χ2v) is 9.82. The Balaban J connectivity index is 2.98. The first-order valence-corrected chi connectivity index (χ1v) is 11.5. The summed E-state index contributed by atoms with van der Waals surface area (Å²) in [5, 5.41) is 0. The Labute approximate surface area is 160 Å². The number of rotatable bonds is 10. The molecule has 0 aromatic carbocycles. The van der Waals surface area contributed by atoms with Crippen LogP contribution in [0.5, 0.6) is 0 Å². The molecule has 1 fully saturated rings. The Kier molecular flexibility index (Phi) is 9.83. The number of allylic oxidation sites excluding steroid dienone is 2. The van der Waals surface area contributed by atoms with Crippen molar-refractivity contribution in [3.05, 3.63) is 12.2 Å². The molecule has 0 aromatic heterocycles. The maximum atomic E-state index is 2.61. The molecule has 0 radical (unpaired) electrons. The monoisotopic (exact) mass is 348 g/mol. The summed E-state index contributed by atoms with van der Waals surface area (Å²) in [5.41, 5.74) is 0.441. The summed E-state index contributed by atoms with van der Waals surface area (Å²) in [7, 11) is 0. The fourth-order valence-electron chi connectivity index (χ4n) is 5.86. The van der Waals surface area contributed by atoms with Crippen molar-refractivity contribution in [2.45, 2.75) is 107 Å². The normalized spacial score (nSPS) is 32.0. The largest absolute Gasteiger partial charge is 0.0911 e. The molecule has 0 heteroatoms. The summed E-state index contributed by atoms with van der Waals surface area (Å²) in [6, 6.07) is 0. The molecule has 0 aromatic rings. The second kappa shape index (κ2) is 10.8. The van der Waals surface area contributed by atoms with E-state index in [0.29, 0.717) is 5.41 Å². The Hall–Kier alpha value is -0.260. The summed E-state index contributed by atoms with van der Waals surface area (Å²) in [4.78, 5) is 0. The predicted octanol–water partition coefficient (Wildman–Crippen LogP) is 8.52. The molecule has 1 saturated carbocycles. The van der Waals surface area contributed by atoms with Gasteiger partial charge in [0.2, 0.25) is 0 Å². The van der Waals surface area contributed by atoms with Gasteiger partial charge in [-0.05, 0) is 67.1 Å². The van der Waals surface area contributed by atoms with Gasteiger partial charge in [-0.3, -0.25) is 0 Å². The van der Waals surface area contributed by atoms with Gasteiger partial charge in [0.1, 0.15) is 0 Å². The Morgan fingerprint density at radius 3 is 2.24 bits per heavy atom. The average Bonchev–Trinajstić information content (AvgIpc) is 2.56. The van der Waals surface area contributed by atoms with Gasteiger partial charge in [0.15, 0.2) is 0 Å². The van der Waals surface area contributed by atoms with Crippen molar-refractivity contribution >= 4 is 0 Å². The van der Waals surface area contributed by atoms with Crippen LogP contribution in [0.4, 0.5) is 0 Å². The lowest BCUT2D eigenvalue weighted by molar-refractivity contribution is -0.0120. The summed E-state index contributed by atoms with van der Waals surface area (Å²) in [6.07, 6.45) is 16.3. The maximum Gasteiger partial charge on any atom is -0.00644 e. The summed E-state index contributed by atoms with van der Waals surface area (Å²) >= 11 is 0. The highest BCUT2D eigenvalue weighted by molar-refractivity contribution is 5.08. The van der Waals surface area contributed by atoms with Gasteiger partial charge < -0.3 is 0 Å². The van der Waals surface area contributed by atoms with Crippen LogP contribution in [0.15, 0.2) is 12.2 Å². The van der Waals surface area contributed by atoms with Gasteiger partial charge in [-0.25, -0.2) is 0 Å². The van der Waals surface area contributed by atoms with Crippen LogP contribution in [0.25, 0.3) is 0 Å². The van der Waals surface area contributed by atoms with Crippen molar-refractivity contribution in [2.24, 2.45) is 40.9 Å². The molecule has 0 saturated heterocycles. The quantitative estimate of drug-likeness (QED) is 0.347. The van der Waals surface area contributed by atoms with Crippen LogP contribution in [0.2, 0.25) is 0 Å². The van der Waals surface area contributed by atoms with Gasteiger partial charge in [0.25, 0.3) is 0 Å². The van der Waals surface area contributed by atoms with Crippen LogP contribution < -0.4 is 0 Å². The van der Waals surface area contributed by atoms with Crippen LogP contribution in [-0.2, 0) is 0 Å². The molecule has 0 bridgehead atoms. The first kappa shape index (κ1) is 22.8. The van der Waals surface area contributed by atoms with E-state index in [1.165, 1.54) is 51.4 Å². The molecule has 1 aliphatic carbocycles. The minimum absolute atomic E-state index is 0.441. The minimum Gasteiger partial charge on any atom is -0.0911 e. The van der Waals surface area contributed by atoms with Crippen LogP contribution in [0.3, 0.4) is 0 Å². The average molecular weight is 349 g/mol. The SMILES string of the molecule is CC=CC1(C(C)C)CCC(CCCC(C)CC)C(CC(C)C)C1CC. The highest BCUT2D eigenvalue weighted by Crippen LogP contribution is 2.56. The first-order valence-electron chi connectivity index (χ1n) is 11.5. The predicted molar refractivity (Wildman–Crippen MR) is 115 cm³/mol. The smallest absolute Gasteiger partial charge is 0.00644 e. The number of hydrogen-bond acceptors (Lipinski definition) is 0. The number of hydrogen-bond donors (Lipinski definition) is 0. The topological polar surface area (TPSA) is 0 Å². The molecule has 0 amide bonds. The molecule has 0 spiro atoms. The molecule has 0 heterocycles. The minimum atomic E-state index is 0.441. The molecule has 148 valence electrons. The van der Waals surface area contributed by atoms with E-state index >= 15 is 0 Å². The molecule has 1 rings (SSSR count). The zero-order valence-corrected chi connectivity index (χ0v) is 18.8. The van der Waals surface area contributed by atoms with Crippen molar-refractivity contribution in [3.8, 4) is 0 Å². The molecule has 0 aliphatic heterocycles. The highest BCUT2D eigenvalue weighted by Gasteiger charge is 2.47. The third-order valence-corrected chi connectivity index (χ3v) is 7.46. The zero-order chi connectivity index (χ0) is 19.0. The lowest BCUT2D eigenvalue weighted by atomic mass is 9.51.